The lowest BCUT2D eigenvalue weighted by atomic mass is 10.0. The molecule has 0 bridgehead atoms. The summed E-state index contributed by atoms with van der Waals surface area (Å²) in [5.74, 6) is -0.858. The van der Waals surface area contributed by atoms with Crippen LogP contribution in [0, 0.1) is 0 Å². The average molecular weight is 366 g/mol. The standard InChI is InChI=1S/C21H22N2O4/c1-26-21(25)18(13-16-10-6-3-7-11-16)22-20(24)19-14-17(23-27-19)12-15-8-4-2-5-9-15/h2-11,18-19H,12-14H2,1H3,(H,22,24)/t18-,19-/m0/s1. The molecule has 0 aliphatic carbocycles. The number of amides is 1. The Bertz CT molecular complexity index is 805. The molecule has 2 aromatic rings. The Morgan fingerprint density at radius 2 is 1.74 bits per heavy atom. The summed E-state index contributed by atoms with van der Waals surface area (Å²) in [6.45, 7) is 0. The molecule has 0 saturated carbocycles. The van der Waals surface area contributed by atoms with Gasteiger partial charge in [0.15, 0.2) is 0 Å². The van der Waals surface area contributed by atoms with Crippen molar-refractivity contribution in [3.8, 4) is 0 Å². The average Bonchev–Trinajstić information content (AvgIpc) is 3.17. The van der Waals surface area contributed by atoms with Crippen molar-refractivity contribution in [1.29, 1.82) is 0 Å². The molecule has 2 aromatic carbocycles. The van der Waals surface area contributed by atoms with Gasteiger partial charge in [-0.05, 0) is 11.1 Å². The number of nitrogens with zero attached hydrogens (tertiary/aromatic N) is 1. The number of rotatable bonds is 7. The largest absolute Gasteiger partial charge is 0.467 e. The number of hydrogen-bond acceptors (Lipinski definition) is 5. The Morgan fingerprint density at radius 1 is 1.11 bits per heavy atom. The van der Waals surface area contributed by atoms with E-state index in [4.69, 9.17) is 9.57 Å². The maximum atomic E-state index is 12.5. The molecule has 6 nitrogen and oxygen atoms in total. The molecule has 0 fully saturated rings. The van der Waals surface area contributed by atoms with Crippen molar-refractivity contribution in [3.63, 3.8) is 0 Å². The van der Waals surface area contributed by atoms with Crippen LogP contribution in [0.2, 0.25) is 0 Å². The first-order valence-corrected chi connectivity index (χ1v) is 8.83. The molecule has 1 heterocycles. The summed E-state index contributed by atoms with van der Waals surface area (Å²) >= 11 is 0. The Labute approximate surface area is 158 Å². The summed E-state index contributed by atoms with van der Waals surface area (Å²) in [5, 5.41) is 6.76. The van der Waals surface area contributed by atoms with Crippen LogP contribution in [0.1, 0.15) is 17.5 Å². The number of nitrogens with one attached hydrogen (secondary N) is 1. The first-order chi connectivity index (χ1) is 13.2. The molecule has 0 saturated heterocycles. The SMILES string of the molecule is COC(=O)[C@H](Cc1ccccc1)NC(=O)[C@@H]1CC(Cc2ccccc2)=NO1. The quantitative estimate of drug-likeness (QED) is 0.763. The van der Waals surface area contributed by atoms with Gasteiger partial charge in [0, 0.05) is 19.3 Å². The van der Waals surface area contributed by atoms with Gasteiger partial charge in [0.05, 0.1) is 12.8 Å². The molecule has 1 amide bonds. The minimum atomic E-state index is -0.772. The number of carbonyl (C=O) groups is 2. The van der Waals surface area contributed by atoms with Gasteiger partial charge in [0.2, 0.25) is 6.10 Å². The van der Waals surface area contributed by atoms with Crippen molar-refractivity contribution < 1.29 is 19.2 Å². The van der Waals surface area contributed by atoms with Gasteiger partial charge in [-0.25, -0.2) is 4.79 Å². The fourth-order valence-corrected chi connectivity index (χ4v) is 2.95. The number of benzene rings is 2. The lowest BCUT2D eigenvalue weighted by Gasteiger charge is -2.18. The highest BCUT2D eigenvalue weighted by Crippen LogP contribution is 2.15. The van der Waals surface area contributed by atoms with Gasteiger partial charge in [-0.15, -0.1) is 0 Å². The van der Waals surface area contributed by atoms with Crippen molar-refractivity contribution in [3.05, 3.63) is 71.8 Å². The van der Waals surface area contributed by atoms with E-state index in [1.807, 2.05) is 60.7 Å². The van der Waals surface area contributed by atoms with Crippen molar-refractivity contribution in [2.75, 3.05) is 7.11 Å². The zero-order chi connectivity index (χ0) is 19.1. The van der Waals surface area contributed by atoms with E-state index in [2.05, 4.69) is 10.5 Å². The lowest BCUT2D eigenvalue weighted by Crippen LogP contribution is -2.47. The van der Waals surface area contributed by atoms with Gasteiger partial charge in [0.1, 0.15) is 6.04 Å². The van der Waals surface area contributed by atoms with E-state index in [1.54, 1.807) is 0 Å². The maximum absolute atomic E-state index is 12.5. The minimum Gasteiger partial charge on any atom is -0.467 e. The third-order valence-corrected chi connectivity index (χ3v) is 4.36. The highest BCUT2D eigenvalue weighted by atomic mass is 16.6. The maximum Gasteiger partial charge on any atom is 0.328 e. The predicted octanol–water partition coefficient (Wildman–Crippen LogP) is 2.27. The molecule has 0 aromatic heterocycles. The Balaban J connectivity index is 1.57. The van der Waals surface area contributed by atoms with E-state index in [0.717, 1.165) is 16.8 Å². The van der Waals surface area contributed by atoms with Crippen LogP contribution in [0.25, 0.3) is 0 Å². The predicted molar refractivity (Wildman–Crippen MR) is 101 cm³/mol. The summed E-state index contributed by atoms with van der Waals surface area (Å²) in [5.41, 5.74) is 2.85. The molecular weight excluding hydrogens is 344 g/mol. The topological polar surface area (TPSA) is 77.0 Å². The number of methoxy groups -OCH3 is 1. The number of carbonyl (C=O) groups excluding carboxylic acids is 2. The fraction of sp³-hybridized carbons (Fsp3) is 0.286. The van der Waals surface area contributed by atoms with Gasteiger partial charge in [-0.3, -0.25) is 4.79 Å². The third kappa shape index (κ3) is 5.17. The van der Waals surface area contributed by atoms with Crippen LogP contribution in [0.3, 0.4) is 0 Å². The van der Waals surface area contributed by atoms with Crippen molar-refractivity contribution in [1.82, 2.24) is 5.32 Å². The van der Waals surface area contributed by atoms with Crippen LogP contribution in [0.15, 0.2) is 65.8 Å². The first-order valence-electron chi connectivity index (χ1n) is 8.83. The van der Waals surface area contributed by atoms with Crippen molar-refractivity contribution in [2.45, 2.75) is 31.4 Å². The molecule has 0 unspecified atom stereocenters. The van der Waals surface area contributed by atoms with E-state index in [0.29, 0.717) is 19.3 Å². The molecule has 1 aliphatic rings. The molecule has 1 aliphatic heterocycles. The molecule has 6 heteroatoms. The zero-order valence-electron chi connectivity index (χ0n) is 15.1. The number of esters is 1. The molecule has 3 rings (SSSR count). The van der Waals surface area contributed by atoms with Crippen molar-refractivity contribution >= 4 is 17.6 Å². The normalized spacial score (nSPS) is 16.8. The van der Waals surface area contributed by atoms with Crippen LogP contribution < -0.4 is 5.32 Å². The summed E-state index contributed by atoms with van der Waals surface area (Å²) in [6.07, 6.45) is 0.658. The van der Waals surface area contributed by atoms with E-state index < -0.39 is 18.1 Å². The fourth-order valence-electron chi connectivity index (χ4n) is 2.95. The van der Waals surface area contributed by atoms with Crippen LogP contribution in [-0.4, -0.2) is 36.8 Å². The highest BCUT2D eigenvalue weighted by molar-refractivity contribution is 5.95. The highest BCUT2D eigenvalue weighted by Gasteiger charge is 2.31. The van der Waals surface area contributed by atoms with Gasteiger partial charge in [0.25, 0.3) is 5.91 Å². The molecule has 0 spiro atoms. The third-order valence-electron chi connectivity index (χ3n) is 4.36. The number of oxime groups is 1. The van der Waals surface area contributed by atoms with Gasteiger partial charge in [-0.2, -0.15) is 0 Å². The Morgan fingerprint density at radius 3 is 2.37 bits per heavy atom. The van der Waals surface area contributed by atoms with Crippen LogP contribution >= 0.6 is 0 Å². The molecule has 0 radical (unpaired) electrons. The molecule has 27 heavy (non-hydrogen) atoms. The summed E-state index contributed by atoms with van der Waals surface area (Å²) in [6, 6.07) is 18.6. The van der Waals surface area contributed by atoms with Gasteiger partial charge < -0.3 is 14.9 Å². The molecule has 2 atom stereocenters. The smallest absolute Gasteiger partial charge is 0.328 e. The Kier molecular flexibility index (Phi) is 6.20. The van der Waals surface area contributed by atoms with E-state index in [-0.39, 0.29) is 5.91 Å². The number of hydrogen-bond donors (Lipinski definition) is 1. The Hall–Kier alpha value is -3.15. The summed E-state index contributed by atoms with van der Waals surface area (Å²) in [4.78, 5) is 29.9. The summed E-state index contributed by atoms with van der Waals surface area (Å²) in [7, 11) is 1.31. The van der Waals surface area contributed by atoms with E-state index in [9.17, 15) is 9.59 Å². The number of ether oxygens (including phenoxy) is 1. The lowest BCUT2D eigenvalue weighted by molar-refractivity contribution is -0.146. The second kappa shape index (κ2) is 8.98. The second-order valence-corrected chi connectivity index (χ2v) is 6.39. The van der Waals surface area contributed by atoms with E-state index in [1.165, 1.54) is 7.11 Å². The van der Waals surface area contributed by atoms with Crippen LogP contribution in [-0.2, 0) is 32.0 Å². The molecule has 1 N–H and O–H groups in total. The first kappa shape index (κ1) is 18.6. The van der Waals surface area contributed by atoms with Gasteiger partial charge in [-0.1, -0.05) is 65.8 Å². The zero-order valence-corrected chi connectivity index (χ0v) is 15.1. The van der Waals surface area contributed by atoms with Gasteiger partial charge >= 0.3 is 5.97 Å². The van der Waals surface area contributed by atoms with E-state index >= 15 is 0 Å². The monoisotopic (exact) mass is 366 g/mol. The van der Waals surface area contributed by atoms with Crippen LogP contribution in [0.4, 0.5) is 0 Å². The summed E-state index contributed by atoms with van der Waals surface area (Å²) < 4.78 is 4.83. The van der Waals surface area contributed by atoms with Crippen molar-refractivity contribution in [2.24, 2.45) is 5.16 Å². The molecular formula is C21H22N2O4. The molecule has 140 valence electrons. The second-order valence-electron chi connectivity index (χ2n) is 6.39. The minimum absolute atomic E-state index is 0.351. The van der Waals surface area contributed by atoms with Crippen LogP contribution in [0.5, 0.6) is 0 Å².